The molecule has 0 saturated carbocycles. The molecule has 1 unspecified atom stereocenters. The maximum Gasteiger partial charge on any atom is 0.329 e. The first kappa shape index (κ1) is 18.5. The summed E-state index contributed by atoms with van der Waals surface area (Å²) in [4.78, 5) is 26.2. The van der Waals surface area contributed by atoms with Crippen LogP contribution in [0.1, 0.15) is 41.4 Å². The van der Waals surface area contributed by atoms with Crippen LogP contribution in [0.3, 0.4) is 0 Å². The van der Waals surface area contributed by atoms with Gasteiger partial charge in [-0.1, -0.05) is 0 Å². The van der Waals surface area contributed by atoms with Crippen molar-refractivity contribution < 1.29 is 19.4 Å². The fraction of sp³-hybridized carbons (Fsp3) is 0.500. The molecule has 1 aromatic heterocycles. The lowest BCUT2D eigenvalue weighted by Crippen LogP contribution is -2.50. The van der Waals surface area contributed by atoms with Crippen LogP contribution in [0.5, 0.6) is 0 Å². The van der Waals surface area contributed by atoms with Crippen LogP contribution in [-0.2, 0) is 16.1 Å². The summed E-state index contributed by atoms with van der Waals surface area (Å²) in [6.45, 7) is 7.60. The number of hydrogen-bond donors (Lipinski definition) is 1. The maximum absolute atomic E-state index is 13.0. The molecule has 1 fully saturated rings. The molecule has 1 aromatic carbocycles. The van der Waals surface area contributed by atoms with Gasteiger partial charge >= 0.3 is 5.97 Å². The second-order valence-electron chi connectivity index (χ2n) is 7.23. The fourth-order valence-corrected chi connectivity index (χ4v) is 3.92. The van der Waals surface area contributed by atoms with Crippen molar-refractivity contribution in [2.75, 3.05) is 20.3 Å². The number of carbonyl (C=O) groups is 2. The number of hydrogen-bond acceptors (Lipinski definition) is 3. The predicted molar refractivity (Wildman–Crippen MR) is 99.6 cm³/mol. The average Bonchev–Trinajstić information content (AvgIpc) is 3.13. The zero-order chi connectivity index (χ0) is 19.1. The minimum Gasteiger partial charge on any atom is -0.480 e. The van der Waals surface area contributed by atoms with Gasteiger partial charge in [0.1, 0.15) is 5.54 Å². The summed E-state index contributed by atoms with van der Waals surface area (Å²) < 4.78 is 7.39. The van der Waals surface area contributed by atoms with Crippen molar-refractivity contribution in [1.29, 1.82) is 0 Å². The summed E-state index contributed by atoms with van der Waals surface area (Å²) in [6, 6.07) is 5.64. The van der Waals surface area contributed by atoms with Crippen LogP contribution >= 0.6 is 0 Å². The number of carboxylic acid groups (broad SMARTS) is 1. The Morgan fingerprint density at radius 1 is 1.31 bits per heavy atom. The molecule has 0 aliphatic carbocycles. The van der Waals surface area contributed by atoms with Crippen molar-refractivity contribution in [3.8, 4) is 0 Å². The highest BCUT2D eigenvalue weighted by molar-refractivity contribution is 6.01. The van der Waals surface area contributed by atoms with Crippen LogP contribution in [0.2, 0.25) is 0 Å². The van der Waals surface area contributed by atoms with E-state index in [0.717, 1.165) is 28.7 Å². The van der Waals surface area contributed by atoms with Gasteiger partial charge in [0.2, 0.25) is 0 Å². The Balaban J connectivity index is 2.00. The summed E-state index contributed by atoms with van der Waals surface area (Å²) in [7, 11) is 1.68. The molecule has 0 spiro atoms. The average molecular weight is 358 g/mol. The summed E-state index contributed by atoms with van der Waals surface area (Å²) in [5.74, 6) is -1.15. The Morgan fingerprint density at radius 3 is 2.69 bits per heavy atom. The minimum atomic E-state index is -1.12. The Hall–Kier alpha value is -2.34. The highest BCUT2D eigenvalue weighted by Crippen LogP contribution is 2.32. The van der Waals surface area contributed by atoms with Gasteiger partial charge in [-0.25, -0.2) is 4.79 Å². The number of likely N-dealkylation sites (tertiary alicyclic amines) is 1. The van der Waals surface area contributed by atoms with E-state index in [0.29, 0.717) is 31.6 Å². The number of rotatable bonds is 5. The molecule has 1 atom stereocenters. The highest BCUT2D eigenvalue weighted by atomic mass is 16.5. The molecule has 140 valence electrons. The lowest BCUT2D eigenvalue weighted by Gasteiger charge is -2.31. The van der Waals surface area contributed by atoms with Gasteiger partial charge in [-0.3, -0.25) is 4.79 Å². The predicted octanol–water partition coefficient (Wildman–Crippen LogP) is 2.98. The van der Waals surface area contributed by atoms with Gasteiger partial charge in [-0.2, -0.15) is 0 Å². The number of fused-ring (bicyclic) bond motifs is 1. The molecule has 26 heavy (non-hydrogen) atoms. The molecule has 6 heteroatoms. The summed E-state index contributed by atoms with van der Waals surface area (Å²) in [5.41, 5.74) is 2.77. The Bertz CT molecular complexity index is 870. The number of aromatic nitrogens is 1. The number of carboxylic acids is 1. The van der Waals surface area contributed by atoms with E-state index in [1.54, 1.807) is 20.1 Å². The molecule has 2 aromatic rings. The smallest absolute Gasteiger partial charge is 0.329 e. The van der Waals surface area contributed by atoms with Gasteiger partial charge in [0.25, 0.3) is 5.91 Å². The molecule has 2 heterocycles. The van der Waals surface area contributed by atoms with E-state index >= 15 is 0 Å². The number of carbonyl (C=O) groups excluding carboxylic acids is 1. The SMILES string of the molecule is COCCn1c(C)c(C)c2cc(C(=O)N3CCCC3(C)C(=O)O)ccc21. The van der Waals surface area contributed by atoms with Gasteiger partial charge in [-0.15, -0.1) is 0 Å². The van der Waals surface area contributed by atoms with Gasteiger partial charge < -0.3 is 19.3 Å². The number of methoxy groups -OCH3 is 1. The van der Waals surface area contributed by atoms with Gasteiger partial charge in [0.15, 0.2) is 0 Å². The first-order valence-electron chi connectivity index (χ1n) is 8.95. The standard InChI is InChI=1S/C20H26N2O4/c1-13-14(2)21(10-11-26-4)17-7-6-15(12-16(13)17)18(23)22-9-5-8-20(22,3)19(24)25/h6-7,12H,5,8-11H2,1-4H3,(H,24,25). The van der Waals surface area contributed by atoms with Crippen LogP contribution in [0.4, 0.5) is 0 Å². The third-order valence-electron chi connectivity index (χ3n) is 5.75. The lowest BCUT2D eigenvalue weighted by molar-refractivity contribution is -0.147. The molecule has 6 nitrogen and oxygen atoms in total. The lowest BCUT2D eigenvalue weighted by atomic mass is 9.98. The van der Waals surface area contributed by atoms with Crippen molar-refractivity contribution >= 4 is 22.8 Å². The molecule has 1 N–H and O–H groups in total. The first-order chi connectivity index (χ1) is 12.3. The van der Waals surface area contributed by atoms with Gasteiger partial charge in [0.05, 0.1) is 6.61 Å². The second kappa shape index (κ2) is 6.76. The van der Waals surface area contributed by atoms with E-state index < -0.39 is 11.5 Å². The van der Waals surface area contributed by atoms with Crippen LogP contribution in [0.25, 0.3) is 10.9 Å². The quantitative estimate of drug-likeness (QED) is 0.892. The van der Waals surface area contributed by atoms with Crippen LogP contribution in [0, 0.1) is 13.8 Å². The summed E-state index contributed by atoms with van der Waals surface area (Å²) in [5, 5.41) is 10.6. The van der Waals surface area contributed by atoms with E-state index in [1.807, 2.05) is 19.1 Å². The Kier molecular flexibility index (Phi) is 4.80. The molecule has 0 radical (unpaired) electrons. The van der Waals surface area contributed by atoms with Crippen molar-refractivity contribution in [2.45, 2.75) is 45.7 Å². The number of aliphatic carboxylic acids is 1. The summed E-state index contributed by atoms with van der Waals surface area (Å²) in [6.07, 6.45) is 1.20. The molecule has 1 aliphatic rings. The largest absolute Gasteiger partial charge is 0.480 e. The normalized spacial score (nSPS) is 20.1. The maximum atomic E-state index is 13.0. The number of benzene rings is 1. The first-order valence-corrected chi connectivity index (χ1v) is 8.95. The van der Waals surface area contributed by atoms with E-state index in [4.69, 9.17) is 4.74 Å². The second-order valence-corrected chi connectivity index (χ2v) is 7.23. The Labute approximate surface area is 153 Å². The fourth-order valence-electron chi connectivity index (χ4n) is 3.92. The third kappa shape index (κ3) is 2.78. The molecular formula is C20H26N2O4. The Morgan fingerprint density at radius 2 is 2.04 bits per heavy atom. The molecule has 0 bridgehead atoms. The van der Waals surface area contributed by atoms with Crippen molar-refractivity contribution in [2.24, 2.45) is 0 Å². The molecule has 1 amide bonds. The van der Waals surface area contributed by atoms with E-state index in [9.17, 15) is 14.7 Å². The van der Waals surface area contributed by atoms with Crippen LogP contribution < -0.4 is 0 Å². The number of ether oxygens (including phenoxy) is 1. The van der Waals surface area contributed by atoms with E-state index in [-0.39, 0.29) is 5.91 Å². The third-order valence-corrected chi connectivity index (χ3v) is 5.75. The topological polar surface area (TPSA) is 71.8 Å². The van der Waals surface area contributed by atoms with Crippen LogP contribution in [0.15, 0.2) is 18.2 Å². The molecule has 1 saturated heterocycles. The minimum absolute atomic E-state index is 0.212. The number of aryl methyl sites for hydroxylation is 1. The van der Waals surface area contributed by atoms with Gasteiger partial charge in [0, 0.05) is 42.4 Å². The van der Waals surface area contributed by atoms with Crippen molar-refractivity contribution in [3.05, 3.63) is 35.0 Å². The zero-order valence-corrected chi connectivity index (χ0v) is 15.8. The van der Waals surface area contributed by atoms with Crippen molar-refractivity contribution in [3.63, 3.8) is 0 Å². The van der Waals surface area contributed by atoms with E-state index in [2.05, 4.69) is 11.5 Å². The summed E-state index contributed by atoms with van der Waals surface area (Å²) >= 11 is 0. The van der Waals surface area contributed by atoms with Gasteiger partial charge in [-0.05, 0) is 57.4 Å². The molecule has 1 aliphatic heterocycles. The molecular weight excluding hydrogens is 332 g/mol. The highest BCUT2D eigenvalue weighted by Gasteiger charge is 2.46. The van der Waals surface area contributed by atoms with Crippen LogP contribution in [-0.4, -0.2) is 52.3 Å². The number of nitrogens with zero attached hydrogens (tertiary/aromatic N) is 2. The zero-order valence-electron chi connectivity index (χ0n) is 15.8. The number of amides is 1. The molecule has 3 rings (SSSR count). The monoisotopic (exact) mass is 358 g/mol. The van der Waals surface area contributed by atoms with Crippen molar-refractivity contribution in [1.82, 2.24) is 9.47 Å². The van der Waals surface area contributed by atoms with E-state index in [1.165, 1.54) is 4.90 Å².